The summed E-state index contributed by atoms with van der Waals surface area (Å²) in [6.07, 6.45) is 3.75. The molecule has 5 rings (SSSR count). The van der Waals surface area contributed by atoms with E-state index in [1.54, 1.807) is 20.4 Å². The zero-order valence-electron chi connectivity index (χ0n) is 20.9. The second-order valence-electron chi connectivity index (χ2n) is 9.05. The van der Waals surface area contributed by atoms with Gasteiger partial charge < -0.3 is 24.6 Å². The van der Waals surface area contributed by atoms with E-state index in [4.69, 9.17) is 14.6 Å². The van der Waals surface area contributed by atoms with Gasteiger partial charge in [0.2, 0.25) is 0 Å². The maximum absolute atomic E-state index is 13.7. The van der Waals surface area contributed by atoms with Crippen LogP contribution in [0.25, 0.3) is 5.69 Å². The minimum atomic E-state index is 0. The number of ether oxygens (including phenoxy) is 2. The molecular weight excluding hydrogens is 478 g/mol. The highest BCUT2D eigenvalue weighted by Gasteiger charge is 2.30. The third kappa shape index (κ3) is 5.29. The summed E-state index contributed by atoms with van der Waals surface area (Å²) >= 11 is 0. The summed E-state index contributed by atoms with van der Waals surface area (Å²) in [5, 5.41) is 8.13. The van der Waals surface area contributed by atoms with Gasteiger partial charge in [0.15, 0.2) is 0 Å². The van der Waals surface area contributed by atoms with Gasteiger partial charge in [0, 0.05) is 37.8 Å². The topological polar surface area (TPSA) is 71.9 Å². The minimum absolute atomic E-state index is 0. The van der Waals surface area contributed by atoms with Gasteiger partial charge in [-0.1, -0.05) is 0 Å². The number of halogens is 1. The van der Waals surface area contributed by atoms with Gasteiger partial charge in [-0.3, -0.25) is 4.79 Å². The largest absolute Gasteiger partial charge is 0.497 e. The highest BCUT2D eigenvalue weighted by molar-refractivity contribution is 5.95. The molecule has 0 spiro atoms. The van der Waals surface area contributed by atoms with Crippen LogP contribution < -0.4 is 19.7 Å². The van der Waals surface area contributed by atoms with Crippen molar-refractivity contribution < 1.29 is 14.3 Å². The maximum Gasteiger partial charge on any atom is 0.257 e. The smallest absolute Gasteiger partial charge is 0.257 e. The molecule has 1 N–H and O–H groups in total. The lowest BCUT2D eigenvalue weighted by Crippen LogP contribution is -2.49. The second kappa shape index (κ2) is 11.7. The van der Waals surface area contributed by atoms with Gasteiger partial charge in [-0.05, 0) is 74.5 Å². The molecule has 2 aromatic carbocycles. The van der Waals surface area contributed by atoms with Crippen LogP contribution in [0.3, 0.4) is 0 Å². The van der Waals surface area contributed by atoms with Crippen molar-refractivity contribution in [3.05, 3.63) is 66.0 Å². The fourth-order valence-electron chi connectivity index (χ4n) is 5.07. The van der Waals surface area contributed by atoms with Gasteiger partial charge in [0.05, 0.1) is 37.4 Å². The molecule has 2 aliphatic rings. The van der Waals surface area contributed by atoms with Crippen molar-refractivity contribution in [2.45, 2.75) is 18.8 Å². The van der Waals surface area contributed by atoms with Crippen LogP contribution in [0.4, 0.5) is 5.69 Å². The number of hydrogen-bond donors (Lipinski definition) is 1. The summed E-state index contributed by atoms with van der Waals surface area (Å²) < 4.78 is 12.5. The Morgan fingerprint density at radius 1 is 0.861 bits per heavy atom. The minimum Gasteiger partial charge on any atom is -0.497 e. The van der Waals surface area contributed by atoms with E-state index >= 15 is 0 Å². The number of nitrogens with zero attached hydrogens (tertiary/aromatic N) is 4. The van der Waals surface area contributed by atoms with Crippen molar-refractivity contribution >= 4 is 24.0 Å². The summed E-state index contributed by atoms with van der Waals surface area (Å²) in [6.45, 7) is 4.87. The number of benzene rings is 2. The number of carbonyl (C=O) groups excluding carboxylic acids is 1. The lowest BCUT2D eigenvalue weighted by Gasteiger charge is -2.36. The molecule has 36 heavy (non-hydrogen) atoms. The molecule has 2 aliphatic heterocycles. The number of piperazine rings is 1. The van der Waals surface area contributed by atoms with E-state index < -0.39 is 0 Å². The van der Waals surface area contributed by atoms with Gasteiger partial charge in [-0.2, -0.15) is 5.10 Å². The Balaban J connectivity index is 0.00000304. The number of piperidine rings is 1. The highest BCUT2D eigenvalue weighted by Crippen LogP contribution is 2.32. The van der Waals surface area contributed by atoms with E-state index in [1.165, 1.54) is 0 Å². The highest BCUT2D eigenvalue weighted by atomic mass is 35.5. The first-order valence-corrected chi connectivity index (χ1v) is 12.3. The maximum atomic E-state index is 13.7. The third-order valence-corrected chi connectivity index (χ3v) is 7.08. The van der Waals surface area contributed by atoms with Crippen LogP contribution in [0.2, 0.25) is 0 Å². The summed E-state index contributed by atoms with van der Waals surface area (Å²) in [7, 11) is 3.34. The molecule has 0 saturated carbocycles. The fraction of sp³-hybridized carbons (Fsp3) is 0.407. The first kappa shape index (κ1) is 25.9. The molecule has 3 aromatic rings. The predicted molar refractivity (Wildman–Crippen MR) is 143 cm³/mol. The number of aromatic nitrogens is 2. The molecule has 9 heteroatoms. The summed E-state index contributed by atoms with van der Waals surface area (Å²) in [4.78, 5) is 18.0. The van der Waals surface area contributed by atoms with E-state index in [1.807, 2.05) is 46.0 Å². The Morgan fingerprint density at radius 3 is 1.97 bits per heavy atom. The molecular formula is C27H34ClN5O3. The van der Waals surface area contributed by atoms with Crippen molar-refractivity contribution in [3.63, 3.8) is 0 Å². The first-order valence-electron chi connectivity index (χ1n) is 12.3. The van der Waals surface area contributed by atoms with Gasteiger partial charge in [0.1, 0.15) is 11.5 Å². The van der Waals surface area contributed by atoms with E-state index in [0.29, 0.717) is 19.0 Å². The molecule has 3 heterocycles. The molecule has 1 aromatic heterocycles. The molecule has 192 valence electrons. The molecule has 0 radical (unpaired) electrons. The SMILES string of the molecule is COc1ccc(N2CCN(C(=O)c3cnn(-c4ccc(OC)cc4)c3C3CCNCC3)CC2)cc1.Cl. The monoisotopic (exact) mass is 511 g/mol. The van der Waals surface area contributed by atoms with Crippen molar-refractivity contribution in [2.75, 3.05) is 58.4 Å². The van der Waals surface area contributed by atoms with Crippen molar-refractivity contribution in [2.24, 2.45) is 0 Å². The standard InChI is InChI=1S/C27H33N5O3.ClH/c1-34-23-7-3-21(4-8-23)30-15-17-31(18-16-30)27(33)25-19-29-32(22-5-9-24(35-2)10-6-22)26(25)20-11-13-28-14-12-20;/h3-10,19-20,28H,11-18H2,1-2H3;1H. The quantitative estimate of drug-likeness (QED) is 0.543. The van der Waals surface area contributed by atoms with Crippen molar-refractivity contribution in [3.8, 4) is 17.2 Å². The van der Waals surface area contributed by atoms with Crippen LogP contribution in [-0.4, -0.2) is 74.1 Å². The number of carbonyl (C=O) groups is 1. The zero-order chi connectivity index (χ0) is 24.2. The van der Waals surface area contributed by atoms with Crippen molar-refractivity contribution in [1.82, 2.24) is 20.0 Å². The van der Waals surface area contributed by atoms with Crippen LogP contribution >= 0.6 is 12.4 Å². The number of amides is 1. The lowest BCUT2D eigenvalue weighted by atomic mass is 9.91. The average Bonchev–Trinajstić information content (AvgIpc) is 3.38. The number of hydrogen-bond acceptors (Lipinski definition) is 6. The molecule has 0 bridgehead atoms. The molecule has 2 saturated heterocycles. The van der Waals surface area contributed by atoms with Crippen LogP contribution in [0.5, 0.6) is 11.5 Å². The summed E-state index contributed by atoms with van der Waals surface area (Å²) in [5.74, 6) is 2.02. The number of nitrogens with one attached hydrogen (secondary N) is 1. The number of methoxy groups -OCH3 is 2. The van der Waals surface area contributed by atoms with Gasteiger partial charge in [0.25, 0.3) is 5.91 Å². The van der Waals surface area contributed by atoms with E-state index in [2.05, 4.69) is 22.3 Å². The Morgan fingerprint density at radius 2 is 1.42 bits per heavy atom. The molecule has 0 unspecified atom stereocenters. The summed E-state index contributed by atoms with van der Waals surface area (Å²) in [5.41, 5.74) is 3.85. The summed E-state index contributed by atoms with van der Waals surface area (Å²) in [6, 6.07) is 16.0. The predicted octanol–water partition coefficient (Wildman–Crippen LogP) is 3.74. The first-order chi connectivity index (χ1) is 17.2. The lowest BCUT2D eigenvalue weighted by molar-refractivity contribution is 0.0744. The van der Waals surface area contributed by atoms with Gasteiger partial charge in [-0.25, -0.2) is 4.68 Å². The molecule has 0 atom stereocenters. The van der Waals surface area contributed by atoms with E-state index in [-0.39, 0.29) is 18.3 Å². The van der Waals surface area contributed by atoms with Crippen LogP contribution in [0, 0.1) is 0 Å². The Labute approximate surface area is 218 Å². The third-order valence-electron chi connectivity index (χ3n) is 7.08. The zero-order valence-corrected chi connectivity index (χ0v) is 21.7. The fourth-order valence-corrected chi connectivity index (χ4v) is 5.07. The molecule has 8 nitrogen and oxygen atoms in total. The number of rotatable bonds is 6. The van der Waals surface area contributed by atoms with Crippen molar-refractivity contribution in [1.29, 1.82) is 0 Å². The second-order valence-corrected chi connectivity index (χ2v) is 9.05. The number of anilines is 1. The Bertz CT molecular complexity index is 1140. The Kier molecular flexibility index (Phi) is 8.38. The normalized spacial score (nSPS) is 16.4. The van der Waals surface area contributed by atoms with Crippen LogP contribution in [-0.2, 0) is 0 Å². The molecule has 0 aliphatic carbocycles. The van der Waals surface area contributed by atoms with E-state index in [0.717, 1.165) is 73.2 Å². The van der Waals surface area contributed by atoms with E-state index in [9.17, 15) is 4.79 Å². The van der Waals surface area contributed by atoms with Crippen LogP contribution in [0.1, 0.15) is 34.8 Å². The average molecular weight is 512 g/mol. The van der Waals surface area contributed by atoms with Gasteiger partial charge >= 0.3 is 0 Å². The Hall–Kier alpha value is -3.23. The van der Waals surface area contributed by atoms with Gasteiger partial charge in [-0.15, -0.1) is 12.4 Å². The van der Waals surface area contributed by atoms with Crippen LogP contribution in [0.15, 0.2) is 54.7 Å². The molecule has 2 fully saturated rings. The molecule has 1 amide bonds.